The lowest BCUT2D eigenvalue weighted by atomic mass is 10.4. The first kappa shape index (κ1) is 10.2. The summed E-state index contributed by atoms with van der Waals surface area (Å²) >= 11 is 1.86. The van der Waals surface area contributed by atoms with Gasteiger partial charge in [-0.2, -0.15) is 11.8 Å². The molecule has 0 heterocycles. The van der Waals surface area contributed by atoms with Gasteiger partial charge in [0.25, 0.3) is 0 Å². The van der Waals surface area contributed by atoms with Gasteiger partial charge in [0.15, 0.2) is 0 Å². The molecule has 1 unspecified atom stereocenters. The zero-order valence-corrected chi connectivity index (χ0v) is 7.41. The summed E-state index contributed by atoms with van der Waals surface area (Å²) in [7, 11) is 1.68. The Kier molecular flexibility index (Phi) is 7.51. The number of nitrogens with two attached hydrogens (primary N) is 1. The molecule has 0 spiro atoms. The van der Waals surface area contributed by atoms with Crippen molar-refractivity contribution in [2.75, 3.05) is 25.2 Å². The van der Waals surface area contributed by atoms with Crippen LogP contribution in [0.15, 0.2) is 0 Å². The SMILES string of the molecule is CCSCC(COC)NN. The third-order valence-electron chi connectivity index (χ3n) is 1.13. The van der Waals surface area contributed by atoms with Crippen molar-refractivity contribution in [3.05, 3.63) is 0 Å². The maximum absolute atomic E-state index is 5.26. The van der Waals surface area contributed by atoms with Gasteiger partial charge in [0.05, 0.1) is 12.6 Å². The molecule has 0 rings (SSSR count). The molecule has 1 atom stereocenters. The number of thioether (sulfide) groups is 1. The highest BCUT2D eigenvalue weighted by atomic mass is 32.2. The van der Waals surface area contributed by atoms with Gasteiger partial charge in [-0.1, -0.05) is 6.92 Å². The molecule has 0 aliphatic rings. The van der Waals surface area contributed by atoms with Gasteiger partial charge >= 0.3 is 0 Å². The highest BCUT2D eigenvalue weighted by Crippen LogP contribution is 2.00. The fourth-order valence-electron chi connectivity index (χ4n) is 0.606. The predicted octanol–water partition coefficient (Wildman–Crippen LogP) is 0.218. The average molecular weight is 164 g/mol. The zero-order chi connectivity index (χ0) is 7.82. The van der Waals surface area contributed by atoms with Gasteiger partial charge in [-0.3, -0.25) is 11.3 Å². The van der Waals surface area contributed by atoms with Crippen molar-refractivity contribution in [3.63, 3.8) is 0 Å². The Morgan fingerprint density at radius 1 is 1.70 bits per heavy atom. The molecule has 0 aliphatic carbocycles. The molecular weight excluding hydrogens is 148 g/mol. The van der Waals surface area contributed by atoms with E-state index in [2.05, 4.69) is 12.3 Å². The summed E-state index contributed by atoms with van der Waals surface area (Å²) in [6, 6.07) is 0.287. The van der Waals surface area contributed by atoms with Crippen LogP contribution in [0.5, 0.6) is 0 Å². The quantitative estimate of drug-likeness (QED) is 0.435. The first-order valence-corrected chi connectivity index (χ1v) is 4.53. The van der Waals surface area contributed by atoms with Crippen molar-refractivity contribution in [2.24, 2.45) is 5.84 Å². The summed E-state index contributed by atoms with van der Waals surface area (Å²) in [6.07, 6.45) is 0. The minimum absolute atomic E-state index is 0.287. The highest BCUT2D eigenvalue weighted by molar-refractivity contribution is 7.99. The van der Waals surface area contributed by atoms with Crippen LogP contribution in [0.3, 0.4) is 0 Å². The molecule has 4 heteroatoms. The Hall–Kier alpha value is 0.230. The number of rotatable bonds is 6. The predicted molar refractivity (Wildman–Crippen MR) is 46.0 cm³/mol. The van der Waals surface area contributed by atoms with Crippen LogP contribution in [0.25, 0.3) is 0 Å². The minimum Gasteiger partial charge on any atom is -0.383 e. The summed E-state index contributed by atoms with van der Waals surface area (Å²) in [5.41, 5.74) is 2.69. The van der Waals surface area contributed by atoms with E-state index in [4.69, 9.17) is 10.6 Å². The second-order valence-electron chi connectivity index (χ2n) is 1.98. The van der Waals surface area contributed by atoms with Gasteiger partial charge in [-0.05, 0) is 5.75 Å². The highest BCUT2D eigenvalue weighted by Gasteiger charge is 2.03. The molecule has 3 nitrogen and oxygen atoms in total. The number of methoxy groups -OCH3 is 1. The third-order valence-corrected chi connectivity index (χ3v) is 2.17. The van der Waals surface area contributed by atoms with Crippen LogP contribution < -0.4 is 11.3 Å². The number of hydrogen-bond donors (Lipinski definition) is 2. The largest absolute Gasteiger partial charge is 0.383 e. The number of ether oxygens (including phenoxy) is 1. The molecule has 0 bridgehead atoms. The molecule has 0 saturated carbocycles. The molecule has 0 aromatic heterocycles. The molecule has 10 heavy (non-hydrogen) atoms. The second kappa shape index (κ2) is 7.34. The molecule has 0 radical (unpaired) electrons. The summed E-state index contributed by atoms with van der Waals surface area (Å²) in [5.74, 6) is 7.40. The standard InChI is InChI=1S/C6H16N2OS/c1-3-10-5-6(8-7)4-9-2/h6,8H,3-5,7H2,1-2H3. The molecule has 0 fully saturated rings. The topological polar surface area (TPSA) is 47.3 Å². The molecule has 62 valence electrons. The molecule has 0 amide bonds. The minimum atomic E-state index is 0.287. The average Bonchev–Trinajstić information content (AvgIpc) is 1.98. The van der Waals surface area contributed by atoms with Crippen molar-refractivity contribution < 1.29 is 4.74 Å². The second-order valence-corrected chi connectivity index (χ2v) is 3.30. The maximum Gasteiger partial charge on any atom is 0.0637 e. The van der Waals surface area contributed by atoms with Crippen LogP contribution in [0.4, 0.5) is 0 Å². The third kappa shape index (κ3) is 5.05. The fraction of sp³-hybridized carbons (Fsp3) is 1.00. The van der Waals surface area contributed by atoms with Gasteiger partial charge in [-0.15, -0.1) is 0 Å². The van der Waals surface area contributed by atoms with Crippen LogP contribution in [0.1, 0.15) is 6.92 Å². The Morgan fingerprint density at radius 2 is 2.40 bits per heavy atom. The van der Waals surface area contributed by atoms with E-state index in [1.54, 1.807) is 7.11 Å². The molecule has 0 saturated heterocycles. The van der Waals surface area contributed by atoms with E-state index in [1.807, 2.05) is 11.8 Å². The summed E-state index contributed by atoms with van der Waals surface area (Å²) < 4.78 is 4.94. The molecule has 0 aromatic rings. The van der Waals surface area contributed by atoms with Crippen LogP contribution in [-0.2, 0) is 4.74 Å². The van der Waals surface area contributed by atoms with E-state index in [-0.39, 0.29) is 6.04 Å². The molecule has 0 aromatic carbocycles. The lowest BCUT2D eigenvalue weighted by Gasteiger charge is -2.12. The van der Waals surface area contributed by atoms with E-state index >= 15 is 0 Å². The first-order chi connectivity index (χ1) is 4.85. The van der Waals surface area contributed by atoms with Crippen LogP contribution in [0, 0.1) is 0 Å². The first-order valence-electron chi connectivity index (χ1n) is 3.38. The Labute approximate surface area is 66.7 Å². The van der Waals surface area contributed by atoms with Crippen molar-refractivity contribution in [1.82, 2.24) is 5.43 Å². The Bertz CT molecular complexity index is 72.8. The summed E-state index contributed by atoms with van der Waals surface area (Å²) in [5, 5.41) is 0. The monoisotopic (exact) mass is 164 g/mol. The lowest BCUT2D eigenvalue weighted by Crippen LogP contribution is -2.40. The van der Waals surface area contributed by atoms with E-state index in [0.717, 1.165) is 11.5 Å². The zero-order valence-electron chi connectivity index (χ0n) is 6.59. The molecule has 0 aliphatic heterocycles. The maximum atomic E-state index is 5.26. The number of nitrogens with one attached hydrogen (secondary N) is 1. The van der Waals surface area contributed by atoms with Crippen LogP contribution >= 0.6 is 11.8 Å². The van der Waals surface area contributed by atoms with Crippen molar-refractivity contribution in [2.45, 2.75) is 13.0 Å². The number of hydrogen-bond acceptors (Lipinski definition) is 4. The van der Waals surface area contributed by atoms with Gasteiger partial charge in [0.1, 0.15) is 0 Å². The van der Waals surface area contributed by atoms with Gasteiger partial charge in [0.2, 0.25) is 0 Å². The molecular formula is C6H16N2OS. The van der Waals surface area contributed by atoms with E-state index < -0.39 is 0 Å². The Morgan fingerprint density at radius 3 is 2.80 bits per heavy atom. The van der Waals surface area contributed by atoms with E-state index in [1.165, 1.54) is 0 Å². The smallest absolute Gasteiger partial charge is 0.0637 e. The van der Waals surface area contributed by atoms with Gasteiger partial charge in [0, 0.05) is 12.9 Å². The van der Waals surface area contributed by atoms with Gasteiger partial charge < -0.3 is 4.74 Å². The fourth-order valence-corrected chi connectivity index (χ4v) is 1.32. The summed E-state index contributed by atoms with van der Waals surface area (Å²) in [4.78, 5) is 0. The van der Waals surface area contributed by atoms with Crippen molar-refractivity contribution in [1.29, 1.82) is 0 Å². The van der Waals surface area contributed by atoms with Crippen molar-refractivity contribution >= 4 is 11.8 Å². The van der Waals surface area contributed by atoms with Crippen molar-refractivity contribution in [3.8, 4) is 0 Å². The van der Waals surface area contributed by atoms with Gasteiger partial charge in [-0.25, -0.2) is 0 Å². The summed E-state index contributed by atoms with van der Waals surface area (Å²) in [6.45, 7) is 2.81. The Balaban J connectivity index is 3.21. The van der Waals surface area contributed by atoms with E-state index in [9.17, 15) is 0 Å². The molecule has 3 N–H and O–H groups in total. The van der Waals surface area contributed by atoms with Crippen LogP contribution in [0.2, 0.25) is 0 Å². The lowest BCUT2D eigenvalue weighted by molar-refractivity contribution is 0.174. The normalized spacial score (nSPS) is 13.5. The van der Waals surface area contributed by atoms with Crippen LogP contribution in [-0.4, -0.2) is 31.3 Å². The number of hydrazine groups is 1. The van der Waals surface area contributed by atoms with E-state index in [0.29, 0.717) is 6.61 Å².